The first kappa shape index (κ1) is 19.6. The second-order valence-corrected chi connectivity index (χ2v) is 7.35. The van der Waals surface area contributed by atoms with Crippen molar-refractivity contribution >= 4 is 5.82 Å². The van der Waals surface area contributed by atoms with Crippen LogP contribution in [0.3, 0.4) is 0 Å². The summed E-state index contributed by atoms with van der Waals surface area (Å²) in [6.07, 6.45) is 3.75. The monoisotopic (exact) mass is 399 g/mol. The highest BCUT2D eigenvalue weighted by molar-refractivity contribution is 5.67. The zero-order valence-electron chi connectivity index (χ0n) is 17.7. The number of hydrogen-bond donors (Lipinski definition) is 1. The normalized spacial score (nSPS) is 10.8. The lowest BCUT2D eigenvalue weighted by molar-refractivity contribution is 0.413. The van der Waals surface area contributed by atoms with Crippen LogP contribution in [0.15, 0.2) is 61.1 Å². The van der Waals surface area contributed by atoms with Crippen LogP contribution in [-0.2, 0) is 6.54 Å². The fraction of sp³-hybridized carbons (Fsp3) is 0.208. The fourth-order valence-corrected chi connectivity index (χ4v) is 3.39. The van der Waals surface area contributed by atoms with Gasteiger partial charge in [0.25, 0.3) is 0 Å². The Morgan fingerprint density at radius 1 is 0.967 bits per heavy atom. The van der Waals surface area contributed by atoms with Gasteiger partial charge in [-0.05, 0) is 55.7 Å². The maximum atomic E-state index is 5.61. The van der Waals surface area contributed by atoms with Crippen molar-refractivity contribution in [3.63, 3.8) is 0 Å². The van der Waals surface area contributed by atoms with Crippen LogP contribution in [0, 0.1) is 20.8 Å². The Morgan fingerprint density at radius 3 is 2.50 bits per heavy atom. The summed E-state index contributed by atoms with van der Waals surface area (Å²) in [5, 5.41) is 12.3. The Balaban J connectivity index is 1.57. The summed E-state index contributed by atoms with van der Waals surface area (Å²) >= 11 is 0. The Bertz CT molecular complexity index is 1180. The standard InChI is InChI=1S/C24H25N5O/c1-16-7-5-6-8-20(16)13-25-24-17(2)11-21(27-28-24)19-9-10-22(23(12-19)30-4)29-14-18(3)26-15-29/h5-12,14-15H,13H2,1-4H3,(H,25,28). The SMILES string of the molecule is COc1cc(-c2cc(C)c(NCc3ccccc3C)nn2)ccc1-n1cnc(C)c1. The van der Waals surface area contributed by atoms with Gasteiger partial charge in [-0.2, -0.15) is 0 Å². The van der Waals surface area contributed by atoms with Crippen molar-refractivity contribution in [2.24, 2.45) is 0 Å². The molecule has 0 radical (unpaired) electrons. The molecule has 0 spiro atoms. The number of nitrogens with zero attached hydrogens (tertiary/aromatic N) is 4. The van der Waals surface area contributed by atoms with Gasteiger partial charge < -0.3 is 14.6 Å². The molecule has 0 unspecified atom stereocenters. The topological polar surface area (TPSA) is 64.9 Å². The van der Waals surface area contributed by atoms with Gasteiger partial charge in [0.15, 0.2) is 5.82 Å². The zero-order chi connectivity index (χ0) is 21.1. The molecule has 0 aliphatic heterocycles. The molecule has 152 valence electrons. The van der Waals surface area contributed by atoms with E-state index in [-0.39, 0.29) is 0 Å². The van der Waals surface area contributed by atoms with Crippen LogP contribution in [0.5, 0.6) is 5.75 Å². The molecule has 4 rings (SSSR count). The van der Waals surface area contributed by atoms with E-state index in [1.165, 1.54) is 11.1 Å². The quantitative estimate of drug-likeness (QED) is 0.501. The van der Waals surface area contributed by atoms with Gasteiger partial charge in [0.2, 0.25) is 0 Å². The average molecular weight is 399 g/mol. The highest BCUT2D eigenvalue weighted by Gasteiger charge is 2.11. The molecule has 0 saturated carbocycles. The third-order valence-corrected chi connectivity index (χ3v) is 5.16. The Labute approximate surface area is 176 Å². The fourth-order valence-electron chi connectivity index (χ4n) is 3.39. The zero-order valence-corrected chi connectivity index (χ0v) is 17.7. The molecule has 2 heterocycles. The summed E-state index contributed by atoms with van der Waals surface area (Å²) in [5.74, 6) is 1.55. The molecule has 0 atom stereocenters. The van der Waals surface area contributed by atoms with Crippen LogP contribution in [0.2, 0.25) is 0 Å². The molecule has 0 bridgehead atoms. The number of rotatable bonds is 6. The second-order valence-electron chi connectivity index (χ2n) is 7.35. The van der Waals surface area contributed by atoms with Crippen LogP contribution >= 0.6 is 0 Å². The highest BCUT2D eigenvalue weighted by atomic mass is 16.5. The third-order valence-electron chi connectivity index (χ3n) is 5.16. The molecule has 0 aliphatic carbocycles. The lowest BCUT2D eigenvalue weighted by Gasteiger charge is -2.13. The smallest absolute Gasteiger partial charge is 0.151 e. The van der Waals surface area contributed by atoms with Crippen molar-refractivity contribution in [2.45, 2.75) is 27.3 Å². The van der Waals surface area contributed by atoms with Crippen molar-refractivity contribution < 1.29 is 4.74 Å². The lowest BCUT2D eigenvalue weighted by Crippen LogP contribution is -2.06. The van der Waals surface area contributed by atoms with Gasteiger partial charge in [0, 0.05) is 18.3 Å². The van der Waals surface area contributed by atoms with E-state index >= 15 is 0 Å². The largest absolute Gasteiger partial charge is 0.495 e. The van der Waals surface area contributed by atoms with E-state index in [1.54, 1.807) is 13.4 Å². The van der Waals surface area contributed by atoms with E-state index in [4.69, 9.17) is 4.74 Å². The van der Waals surface area contributed by atoms with Crippen molar-refractivity contribution in [3.05, 3.63) is 83.4 Å². The first-order valence-corrected chi connectivity index (χ1v) is 9.87. The van der Waals surface area contributed by atoms with E-state index < -0.39 is 0 Å². The lowest BCUT2D eigenvalue weighted by atomic mass is 10.1. The van der Waals surface area contributed by atoms with Crippen LogP contribution < -0.4 is 10.1 Å². The van der Waals surface area contributed by atoms with E-state index in [9.17, 15) is 0 Å². The number of imidazole rings is 1. The molecule has 0 saturated heterocycles. The maximum absolute atomic E-state index is 5.61. The molecule has 1 N–H and O–H groups in total. The van der Waals surface area contributed by atoms with Gasteiger partial charge in [-0.1, -0.05) is 30.3 Å². The van der Waals surface area contributed by atoms with Crippen LogP contribution in [0.25, 0.3) is 16.9 Å². The number of aromatic nitrogens is 4. The van der Waals surface area contributed by atoms with E-state index in [0.717, 1.165) is 39.8 Å². The van der Waals surface area contributed by atoms with Gasteiger partial charge in [0.1, 0.15) is 5.75 Å². The molecular formula is C24H25N5O. The first-order chi connectivity index (χ1) is 14.5. The Morgan fingerprint density at radius 2 is 1.80 bits per heavy atom. The molecule has 30 heavy (non-hydrogen) atoms. The van der Waals surface area contributed by atoms with Crippen LogP contribution in [-0.4, -0.2) is 26.9 Å². The number of ether oxygens (including phenoxy) is 1. The molecule has 4 aromatic rings. The summed E-state index contributed by atoms with van der Waals surface area (Å²) in [6.45, 7) is 6.83. The summed E-state index contributed by atoms with van der Waals surface area (Å²) in [5.41, 5.74) is 7.20. The number of benzene rings is 2. The summed E-state index contributed by atoms with van der Waals surface area (Å²) in [4.78, 5) is 4.29. The molecule has 0 fully saturated rings. The molecule has 6 nitrogen and oxygen atoms in total. The molecule has 2 aromatic heterocycles. The van der Waals surface area contributed by atoms with E-state index in [2.05, 4.69) is 39.6 Å². The molecule has 0 amide bonds. The van der Waals surface area contributed by atoms with Crippen molar-refractivity contribution in [1.82, 2.24) is 19.7 Å². The number of anilines is 1. The van der Waals surface area contributed by atoms with Crippen molar-refractivity contribution in [3.8, 4) is 22.7 Å². The molecular weight excluding hydrogens is 374 g/mol. The maximum Gasteiger partial charge on any atom is 0.151 e. The van der Waals surface area contributed by atoms with Gasteiger partial charge in [-0.3, -0.25) is 0 Å². The predicted octanol–water partition coefficient (Wildman–Crippen LogP) is 4.88. The Hall–Kier alpha value is -3.67. The van der Waals surface area contributed by atoms with Gasteiger partial charge in [-0.25, -0.2) is 4.98 Å². The first-order valence-electron chi connectivity index (χ1n) is 9.87. The third kappa shape index (κ3) is 4.03. The number of aryl methyl sites for hydroxylation is 3. The average Bonchev–Trinajstić information content (AvgIpc) is 3.19. The predicted molar refractivity (Wildman–Crippen MR) is 119 cm³/mol. The summed E-state index contributed by atoms with van der Waals surface area (Å²) < 4.78 is 7.57. The second kappa shape index (κ2) is 8.37. The van der Waals surface area contributed by atoms with E-state index in [0.29, 0.717) is 6.54 Å². The summed E-state index contributed by atoms with van der Waals surface area (Å²) in [6, 6.07) is 16.4. The van der Waals surface area contributed by atoms with Crippen molar-refractivity contribution in [1.29, 1.82) is 0 Å². The summed E-state index contributed by atoms with van der Waals surface area (Å²) in [7, 11) is 1.67. The van der Waals surface area contributed by atoms with E-state index in [1.807, 2.05) is 61.0 Å². The molecule has 6 heteroatoms. The van der Waals surface area contributed by atoms with Gasteiger partial charge >= 0.3 is 0 Å². The van der Waals surface area contributed by atoms with Crippen LogP contribution in [0.4, 0.5) is 5.82 Å². The van der Waals surface area contributed by atoms with Gasteiger partial charge in [-0.15, -0.1) is 10.2 Å². The minimum Gasteiger partial charge on any atom is -0.495 e. The van der Waals surface area contributed by atoms with Crippen LogP contribution in [0.1, 0.15) is 22.4 Å². The minimum absolute atomic E-state index is 0.717. The minimum atomic E-state index is 0.717. The van der Waals surface area contributed by atoms with Gasteiger partial charge in [0.05, 0.1) is 30.5 Å². The van der Waals surface area contributed by atoms with Crippen molar-refractivity contribution in [2.75, 3.05) is 12.4 Å². The molecule has 0 aliphatic rings. The number of nitrogens with one attached hydrogen (secondary N) is 1. The number of hydrogen-bond acceptors (Lipinski definition) is 5. The number of methoxy groups -OCH3 is 1. The molecule has 2 aromatic carbocycles. The Kier molecular flexibility index (Phi) is 5.48. The highest BCUT2D eigenvalue weighted by Crippen LogP contribution is 2.30.